The lowest BCUT2D eigenvalue weighted by molar-refractivity contribution is 0.102. The van der Waals surface area contributed by atoms with E-state index in [1.165, 1.54) is 13.2 Å². The molecule has 9 heteroatoms. The minimum Gasteiger partial charge on any atom is -0.495 e. The van der Waals surface area contributed by atoms with E-state index in [9.17, 15) is 13.2 Å². The SMILES string of the molecule is CCOc1ccc(NC(=O)c2ccc(C)c(S(=O)(=O)Nc3ccccc3OC)c2)cc1OCC. The van der Waals surface area contributed by atoms with Gasteiger partial charge in [0.1, 0.15) is 5.75 Å². The Labute approximate surface area is 199 Å². The minimum atomic E-state index is -3.98. The summed E-state index contributed by atoms with van der Waals surface area (Å²) in [5.41, 5.74) is 1.49. The van der Waals surface area contributed by atoms with Gasteiger partial charge in [0, 0.05) is 17.3 Å². The molecule has 2 N–H and O–H groups in total. The summed E-state index contributed by atoms with van der Waals surface area (Å²) in [6.45, 7) is 6.32. The first-order chi connectivity index (χ1) is 16.3. The fourth-order valence-corrected chi connectivity index (χ4v) is 4.63. The molecule has 3 aromatic carbocycles. The van der Waals surface area contributed by atoms with Gasteiger partial charge in [0.05, 0.1) is 30.9 Å². The maximum atomic E-state index is 13.1. The molecule has 0 aliphatic carbocycles. The maximum Gasteiger partial charge on any atom is 0.262 e. The summed E-state index contributed by atoms with van der Waals surface area (Å²) in [7, 11) is -2.52. The first-order valence-corrected chi connectivity index (χ1v) is 12.2. The number of rotatable bonds is 10. The summed E-state index contributed by atoms with van der Waals surface area (Å²) >= 11 is 0. The van der Waals surface area contributed by atoms with Crippen LogP contribution in [0.3, 0.4) is 0 Å². The second-order valence-electron chi connectivity index (χ2n) is 7.27. The molecule has 0 aliphatic rings. The number of carbonyl (C=O) groups is 1. The molecular formula is C25H28N2O6S. The average Bonchev–Trinajstić information content (AvgIpc) is 2.81. The third-order valence-corrected chi connectivity index (χ3v) is 6.40. The van der Waals surface area contributed by atoms with Crippen molar-refractivity contribution in [2.24, 2.45) is 0 Å². The van der Waals surface area contributed by atoms with Crippen molar-refractivity contribution in [3.63, 3.8) is 0 Å². The van der Waals surface area contributed by atoms with Crippen molar-refractivity contribution >= 4 is 27.3 Å². The Hall–Kier alpha value is -3.72. The van der Waals surface area contributed by atoms with Gasteiger partial charge < -0.3 is 19.5 Å². The first kappa shape index (κ1) is 24.9. The van der Waals surface area contributed by atoms with E-state index in [-0.39, 0.29) is 10.5 Å². The van der Waals surface area contributed by atoms with Crippen molar-refractivity contribution in [1.29, 1.82) is 0 Å². The molecule has 3 aromatic rings. The summed E-state index contributed by atoms with van der Waals surface area (Å²) in [6.07, 6.45) is 0. The van der Waals surface area contributed by atoms with Gasteiger partial charge in [-0.25, -0.2) is 8.42 Å². The molecule has 0 saturated carbocycles. The van der Waals surface area contributed by atoms with Crippen molar-refractivity contribution in [3.05, 3.63) is 71.8 Å². The van der Waals surface area contributed by atoms with Crippen LogP contribution in [-0.4, -0.2) is 34.6 Å². The van der Waals surface area contributed by atoms with E-state index in [1.54, 1.807) is 61.5 Å². The van der Waals surface area contributed by atoms with Crippen LogP contribution < -0.4 is 24.2 Å². The van der Waals surface area contributed by atoms with Gasteiger partial charge in [-0.1, -0.05) is 18.2 Å². The van der Waals surface area contributed by atoms with Gasteiger partial charge in [0.15, 0.2) is 11.5 Å². The van der Waals surface area contributed by atoms with Crippen molar-refractivity contribution < 1.29 is 27.4 Å². The highest BCUT2D eigenvalue weighted by Crippen LogP contribution is 2.31. The molecule has 0 fully saturated rings. The molecule has 3 rings (SSSR count). The molecule has 0 saturated heterocycles. The number of amides is 1. The molecule has 0 spiro atoms. The molecule has 8 nitrogen and oxygen atoms in total. The topological polar surface area (TPSA) is 103 Å². The van der Waals surface area contributed by atoms with E-state index in [0.717, 1.165) is 0 Å². The second-order valence-corrected chi connectivity index (χ2v) is 8.92. The molecule has 0 aliphatic heterocycles. The van der Waals surface area contributed by atoms with Crippen molar-refractivity contribution in [2.75, 3.05) is 30.4 Å². The number of hydrogen-bond donors (Lipinski definition) is 2. The second kappa shape index (κ2) is 10.9. The Morgan fingerprint density at radius 2 is 1.59 bits per heavy atom. The van der Waals surface area contributed by atoms with Crippen LogP contribution in [0.25, 0.3) is 0 Å². The van der Waals surface area contributed by atoms with Crippen LogP contribution in [0.4, 0.5) is 11.4 Å². The largest absolute Gasteiger partial charge is 0.495 e. The standard InChI is InChI=1S/C25H28N2O6S/c1-5-32-22-14-13-19(16-23(22)33-6-2)26-25(28)18-12-11-17(3)24(15-18)34(29,30)27-20-9-7-8-10-21(20)31-4/h7-16,27H,5-6H2,1-4H3,(H,26,28). The van der Waals surface area contributed by atoms with E-state index in [2.05, 4.69) is 10.0 Å². The number of ether oxygens (including phenoxy) is 3. The quantitative estimate of drug-likeness (QED) is 0.426. The van der Waals surface area contributed by atoms with Gasteiger partial charge in [0.25, 0.3) is 15.9 Å². The number of nitrogens with one attached hydrogen (secondary N) is 2. The fourth-order valence-electron chi connectivity index (χ4n) is 3.29. The van der Waals surface area contributed by atoms with Crippen molar-refractivity contribution in [3.8, 4) is 17.2 Å². The number of sulfonamides is 1. The average molecular weight is 485 g/mol. The van der Waals surface area contributed by atoms with Gasteiger partial charge >= 0.3 is 0 Å². The van der Waals surface area contributed by atoms with Crippen molar-refractivity contribution in [2.45, 2.75) is 25.7 Å². The fraction of sp³-hybridized carbons (Fsp3) is 0.240. The zero-order valence-electron chi connectivity index (χ0n) is 19.5. The number of methoxy groups -OCH3 is 1. The van der Waals surface area contributed by atoms with Crippen LogP contribution >= 0.6 is 0 Å². The molecule has 0 heterocycles. The van der Waals surface area contributed by atoms with E-state index in [0.29, 0.717) is 47.4 Å². The van der Waals surface area contributed by atoms with Crippen LogP contribution in [-0.2, 0) is 10.0 Å². The van der Waals surface area contributed by atoms with E-state index < -0.39 is 15.9 Å². The third-order valence-electron chi connectivity index (χ3n) is 4.89. The van der Waals surface area contributed by atoms with Crippen LogP contribution in [0.15, 0.2) is 65.6 Å². The predicted molar refractivity (Wildman–Crippen MR) is 132 cm³/mol. The van der Waals surface area contributed by atoms with Crippen LogP contribution in [0.1, 0.15) is 29.8 Å². The highest BCUT2D eigenvalue weighted by molar-refractivity contribution is 7.92. The zero-order valence-corrected chi connectivity index (χ0v) is 20.4. The molecular weight excluding hydrogens is 456 g/mol. The molecule has 34 heavy (non-hydrogen) atoms. The third kappa shape index (κ3) is 5.79. The van der Waals surface area contributed by atoms with Gasteiger partial charge in [-0.3, -0.25) is 9.52 Å². The molecule has 0 radical (unpaired) electrons. The lowest BCUT2D eigenvalue weighted by Crippen LogP contribution is -2.17. The number of hydrogen-bond acceptors (Lipinski definition) is 6. The summed E-state index contributed by atoms with van der Waals surface area (Å²) in [5.74, 6) is 1.02. The van der Waals surface area contributed by atoms with Gasteiger partial charge in [-0.05, 0) is 62.7 Å². The van der Waals surface area contributed by atoms with Crippen LogP contribution in [0, 0.1) is 6.92 Å². The van der Waals surface area contributed by atoms with Gasteiger partial charge in [-0.2, -0.15) is 0 Å². The van der Waals surface area contributed by atoms with E-state index >= 15 is 0 Å². The Kier molecular flexibility index (Phi) is 8.01. The molecule has 0 bridgehead atoms. The number of carbonyl (C=O) groups excluding carboxylic acids is 1. The summed E-state index contributed by atoms with van der Waals surface area (Å²) in [5, 5.41) is 2.78. The Morgan fingerprint density at radius 3 is 2.29 bits per heavy atom. The van der Waals surface area contributed by atoms with Crippen molar-refractivity contribution in [1.82, 2.24) is 0 Å². The molecule has 1 amide bonds. The van der Waals surface area contributed by atoms with Gasteiger partial charge in [-0.15, -0.1) is 0 Å². The number of anilines is 2. The minimum absolute atomic E-state index is 0.00671. The summed E-state index contributed by atoms with van der Waals surface area (Å²) in [4.78, 5) is 12.9. The first-order valence-electron chi connectivity index (χ1n) is 10.8. The predicted octanol–water partition coefficient (Wildman–Crippen LogP) is 4.85. The van der Waals surface area contributed by atoms with Crippen LogP contribution in [0.2, 0.25) is 0 Å². The molecule has 0 atom stereocenters. The Morgan fingerprint density at radius 1 is 0.882 bits per heavy atom. The highest BCUT2D eigenvalue weighted by Gasteiger charge is 2.21. The Bertz CT molecular complexity index is 1270. The highest BCUT2D eigenvalue weighted by atomic mass is 32.2. The normalized spacial score (nSPS) is 10.9. The number of benzene rings is 3. The number of aryl methyl sites for hydroxylation is 1. The van der Waals surface area contributed by atoms with Crippen LogP contribution in [0.5, 0.6) is 17.2 Å². The lowest BCUT2D eigenvalue weighted by Gasteiger charge is -2.15. The van der Waals surface area contributed by atoms with E-state index in [4.69, 9.17) is 14.2 Å². The lowest BCUT2D eigenvalue weighted by atomic mass is 10.1. The molecule has 0 aromatic heterocycles. The molecule has 180 valence electrons. The smallest absolute Gasteiger partial charge is 0.262 e. The Balaban J connectivity index is 1.87. The zero-order chi connectivity index (χ0) is 24.7. The summed E-state index contributed by atoms with van der Waals surface area (Å²) < 4.78 is 45.1. The number of para-hydroxylation sites is 2. The monoisotopic (exact) mass is 484 g/mol. The summed E-state index contributed by atoms with van der Waals surface area (Å²) in [6, 6.07) is 16.3. The van der Waals surface area contributed by atoms with E-state index in [1.807, 2.05) is 13.8 Å². The molecule has 0 unspecified atom stereocenters. The maximum absolute atomic E-state index is 13.1. The van der Waals surface area contributed by atoms with Gasteiger partial charge in [0.2, 0.25) is 0 Å².